The number of rotatable bonds is 4. The van der Waals surface area contributed by atoms with Crippen LogP contribution in [-0.2, 0) is 6.54 Å². The first-order chi connectivity index (χ1) is 8.69. The lowest BCUT2D eigenvalue weighted by Crippen LogP contribution is -2.22. The van der Waals surface area contributed by atoms with Gasteiger partial charge in [0, 0.05) is 29.4 Å². The summed E-state index contributed by atoms with van der Waals surface area (Å²) in [5, 5.41) is 2.77. The fraction of sp³-hybridized carbons (Fsp3) is 0.154. The summed E-state index contributed by atoms with van der Waals surface area (Å²) in [6.07, 6.45) is 3.14. The average Bonchev–Trinajstić information content (AvgIpc) is 2.88. The highest BCUT2D eigenvalue weighted by molar-refractivity contribution is 5.95. The van der Waals surface area contributed by atoms with Gasteiger partial charge in [0.2, 0.25) is 0 Å². The van der Waals surface area contributed by atoms with Gasteiger partial charge in [-0.25, -0.2) is 0 Å². The molecule has 18 heavy (non-hydrogen) atoms. The van der Waals surface area contributed by atoms with E-state index in [0.717, 1.165) is 5.56 Å². The molecule has 1 aromatic carbocycles. The maximum atomic E-state index is 11.9. The molecule has 0 aliphatic carbocycles. The standard InChI is InChI=1S/C13H14N2O3/c1-17-12-5-10(4-11(14)6-12)13(16)15-7-9-2-3-18-8-9/h2-6,8H,7,14H2,1H3,(H,15,16). The Morgan fingerprint density at radius 3 is 2.94 bits per heavy atom. The molecule has 94 valence electrons. The largest absolute Gasteiger partial charge is 0.497 e. The molecular formula is C13H14N2O3. The normalized spacial score (nSPS) is 10.1. The third-order valence-corrected chi connectivity index (χ3v) is 2.46. The monoisotopic (exact) mass is 246 g/mol. The maximum absolute atomic E-state index is 11.9. The maximum Gasteiger partial charge on any atom is 0.251 e. The van der Waals surface area contributed by atoms with Gasteiger partial charge in [0.25, 0.3) is 5.91 Å². The van der Waals surface area contributed by atoms with Crippen LogP contribution in [0.25, 0.3) is 0 Å². The number of nitrogens with two attached hydrogens (primary N) is 1. The molecule has 0 saturated carbocycles. The van der Waals surface area contributed by atoms with E-state index in [2.05, 4.69) is 5.32 Å². The van der Waals surface area contributed by atoms with Crippen LogP contribution in [0.1, 0.15) is 15.9 Å². The predicted molar refractivity (Wildman–Crippen MR) is 67.3 cm³/mol. The lowest BCUT2D eigenvalue weighted by molar-refractivity contribution is 0.0950. The van der Waals surface area contributed by atoms with Crippen LogP contribution in [0.4, 0.5) is 5.69 Å². The first kappa shape index (κ1) is 12.0. The zero-order valence-corrected chi connectivity index (χ0v) is 9.97. The van der Waals surface area contributed by atoms with Crippen molar-refractivity contribution in [2.24, 2.45) is 0 Å². The molecule has 0 unspecified atom stereocenters. The minimum atomic E-state index is -0.207. The molecule has 0 aliphatic rings. The van der Waals surface area contributed by atoms with Crippen LogP contribution in [0, 0.1) is 0 Å². The highest BCUT2D eigenvalue weighted by Gasteiger charge is 2.08. The Balaban J connectivity index is 2.06. The lowest BCUT2D eigenvalue weighted by Gasteiger charge is -2.07. The second-order valence-electron chi connectivity index (χ2n) is 3.81. The van der Waals surface area contributed by atoms with E-state index < -0.39 is 0 Å². The first-order valence-electron chi connectivity index (χ1n) is 5.43. The zero-order chi connectivity index (χ0) is 13.0. The van der Waals surface area contributed by atoms with Crippen molar-refractivity contribution in [1.82, 2.24) is 5.32 Å². The Hall–Kier alpha value is -2.43. The molecule has 0 saturated heterocycles. The van der Waals surface area contributed by atoms with Gasteiger partial charge < -0.3 is 20.2 Å². The van der Waals surface area contributed by atoms with Gasteiger partial charge in [-0.1, -0.05) is 0 Å². The van der Waals surface area contributed by atoms with E-state index in [1.807, 2.05) is 0 Å². The number of amides is 1. The van der Waals surface area contributed by atoms with Crippen molar-refractivity contribution in [3.63, 3.8) is 0 Å². The number of carbonyl (C=O) groups excluding carboxylic acids is 1. The third-order valence-electron chi connectivity index (χ3n) is 2.46. The quantitative estimate of drug-likeness (QED) is 0.806. The molecule has 1 amide bonds. The van der Waals surface area contributed by atoms with Crippen molar-refractivity contribution in [3.05, 3.63) is 47.9 Å². The smallest absolute Gasteiger partial charge is 0.251 e. The Kier molecular flexibility index (Phi) is 3.52. The van der Waals surface area contributed by atoms with Gasteiger partial charge in [0.1, 0.15) is 5.75 Å². The second kappa shape index (κ2) is 5.27. The summed E-state index contributed by atoms with van der Waals surface area (Å²) in [7, 11) is 1.53. The van der Waals surface area contributed by atoms with Gasteiger partial charge in [-0.2, -0.15) is 0 Å². The highest BCUT2D eigenvalue weighted by Crippen LogP contribution is 2.18. The Morgan fingerprint density at radius 2 is 2.28 bits per heavy atom. The number of hydrogen-bond acceptors (Lipinski definition) is 4. The van der Waals surface area contributed by atoms with Crippen molar-refractivity contribution < 1.29 is 13.9 Å². The van der Waals surface area contributed by atoms with E-state index in [1.165, 1.54) is 7.11 Å². The molecule has 0 atom stereocenters. The van der Waals surface area contributed by atoms with Crippen molar-refractivity contribution in [1.29, 1.82) is 0 Å². The summed E-state index contributed by atoms with van der Waals surface area (Å²) in [6.45, 7) is 0.409. The SMILES string of the molecule is COc1cc(N)cc(C(=O)NCc2ccoc2)c1. The molecular weight excluding hydrogens is 232 g/mol. The van der Waals surface area contributed by atoms with Crippen molar-refractivity contribution in [3.8, 4) is 5.75 Å². The number of hydrogen-bond donors (Lipinski definition) is 2. The van der Waals surface area contributed by atoms with E-state index in [9.17, 15) is 4.79 Å². The van der Waals surface area contributed by atoms with Crippen molar-refractivity contribution in [2.45, 2.75) is 6.54 Å². The number of ether oxygens (including phenoxy) is 1. The number of anilines is 1. The first-order valence-corrected chi connectivity index (χ1v) is 5.43. The molecule has 5 nitrogen and oxygen atoms in total. The summed E-state index contributed by atoms with van der Waals surface area (Å²) >= 11 is 0. The van der Waals surface area contributed by atoms with E-state index in [-0.39, 0.29) is 5.91 Å². The van der Waals surface area contributed by atoms with Crippen LogP contribution in [0.2, 0.25) is 0 Å². The van der Waals surface area contributed by atoms with E-state index in [4.69, 9.17) is 14.9 Å². The van der Waals surface area contributed by atoms with Gasteiger partial charge in [-0.3, -0.25) is 4.79 Å². The third kappa shape index (κ3) is 2.82. The van der Waals surface area contributed by atoms with Gasteiger partial charge in [-0.15, -0.1) is 0 Å². The summed E-state index contributed by atoms with van der Waals surface area (Å²) in [6, 6.07) is 6.70. The molecule has 0 radical (unpaired) electrons. The second-order valence-corrected chi connectivity index (χ2v) is 3.81. The molecule has 3 N–H and O–H groups in total. The molecule has 0 aliphatic heterocycles. The van der Waals surface area contributed by atoms with Gasteiger partial charge in [-0.05, 0) is 18.2 Å². The number of nitrogens with one attached hydrogen (secondary N) is 1. The molecule has 0 spiro atoms. The van der Waals surface area contributed by atoms with E-state index in [1.54, 1.807) is 36.8 Å². The van der Waals surface area contributed by atoms with Gasteiger partial charge in [0.15, 0.2) is 0 Å². The average molecular weight is 246 g/mol. The topological polar surface area (TPSA) is 77.5 Å². The molecule has 2 rings (SSSR count). The molecule has 5 heteroatoms. The molecule has 0 bridgehead atoms. The summed E-state index contributed by atoms with van der Waals surface area (Å²) in [5.74, 6) is 0.352. The Bertz CT molecular complexity index is 535. The van der Waals surface area contributed by atoms with Crippen LogP contribution in [0.3, 0.4) is 0 Å². The molecule has 2 aromatic rings. The van der Waals surface area contributed by atoms with E-state index in [0.29, 0.717) is 23.5 Å². The fourth-order valence-electron chi connectivity index (χ4n) is 1.55. The molecule has 1 heterocycles. The summed E-state index contributed by atoms with van der Waals surface area (Å²) in [4.78, 5) is 11.9. The van der Waals surface area contributed by atoms with Crippen LogP contribution in [-0.4, -0.2) is 13.0 Å². The molecule has 1 aromatic heterocycles. The predicted octanol–water partition coefficient (Wildman–Crippen LogP) is 1.80. The van der Waals surface area contributed by atoms with Gasteiger partial charge in [0.05, 0.1) is 19.6 Å². The minimum Gasteiger partial charge on any atom is -0.497 e. The minimum absolute atomic E-state index is 0.207. The lowest BCUT2D eigenvalue weighted by atomic mass is 10.1. The van der Waals surface area contributed by atoms with E-state index >= 15 is 0 Å². The fourth-order valence-corrected chi connectivity index (χ4v) is 1.55. The van der Waals surface area contributed by atoms with Crippen LogP contribution in [0.15, 0.2) is 41.2 Å². The molecule has 0 fully saturated rings. The van der Waals surface area contributed by atoms with Crippen LogP contribution < -0.4 is 15.8 Å². The van der Waals surface area contributed by atoms with Crippen molar-refractivity contribution >= 4 is 11.6 Å². The number of methoxy groups -OCH3 is 1. The number of nitrogen functional groups attached to an aromatic ring is 1. The number of furan rings is 1. The number of carbonyl (C=O) groups is 1. The number of benzene rings is 1. The highest BCUT2D eigenvalue weighted by atomic mass is 16.5. The summed E-state index contributed by atoms with van der Waals surface area (Å²) < 4.78 is 9.98. The van der Waals surface area contributed by atoms with Crippen LogP contribution >= 0.6 is 0 Å². The van der Waals surface area contributed by atoms with Crippen LogP contribution in [0.5, 0.6) is 5.75 Å². The summed E-state index contributed by atoms with van der Waals surface area (Å²) in [5.41, 5.74) is 7.55. The van der Waals surface area contributed by atoms with Crippen molar-refractivity contribution in [2.75, 3.05) is 12.8 Å². The Morgan fingerprint density at radius 1 is 1.44 bits per heavy atom. The Labute approximate surface area is 105 Å². The zero-order valence-electron chi connectivity index (χ0n) is 9.97. The van der Waals surface area contributed by atoms with Gasteiger partial charge >= 0.3 is 0 Å².